The van der Waals surface area contributed by atoms with Crippen LogP contribution in [0, 0.1) is 0 Å². The van der Waals surface area contributed by atoms with Gasteiger partial charge in [0.05, 0.1) is 23.4 Å². The number of hydrogen-bond acceptors (Lipinski definition) is 7. The minimum Gasteiger partial charge on any atom is -0.462 e. The van der Waals surface area contributed by atoms with Crippen molar-refractivity contribution in [3.8, 4) is 21.5 Å². The first-order valence-electron chi connectivity index (χ1n) is 6.40. The lowest BCUT2D eigenvalue weighted by Crippen LogP contribution is -2.16. The first-order valence-corrected chi connectivity index (χ1v) is 8.15. The number of aromatic nitrogens is 3. The molecule has 22 heavy (non-hydrogen) atoms. The zero-order chi connectivity index (χ0) is 14.9. The Morgan fingerprint density at radius 3 is 2.95 bits per heavy atom. The molecule has 6 nitrogen and oxygen atoms in total. The Hall–Kier alpha value is -2.45. The maximum absolute atomic E-state index is 11.9. The smallest absolute Gasteiger partial charge is 0.437 e. The fraction of sp³-hybridized carbons (Fsp3) is 0.0714. The minimum atomic E-state index is -0.490. The van der Waals surface area contributed by atoms with Crippen LogP contribution in [0.4, 0.5) is 0 Å². The summed E-state index contributed by atoms with van der Waals surface area (Å²) in [6.45, 7) is 0.269. The fourth-order valence-corrected chi connectivity index (χ4v) is 3.37. The molecule has 4 aromatic rings. The van der Waals surface area contributed by atoms with Gasteiger partial charge in [-0.1, -0.05) is 6.07 Å². The van der Waals surface area contributed by atoms with E-state index >= 15 is 0 Å². The van der Waals surface area contributed by atoms with Gasteiger partial charge in [-0.3, -0.25) is 0 Å². The van der Waals surface area contributed by atoms with E-state index in [4.69, 9.17) is 8.83 Å². The van der Waals surface area contributed by atoms with Crippen LogP contribution in [0.3, 0.4) is 0 Å². The summed E-state index contributed by atoms with van der Waals surface area (Å²) in [5, 5.41) is 8.77. The SMILES string of the molecule is O=c1oc(-c2cccs2)nn1Cc1csc(-c2ccco2)n1. The van der Waals surface area contributed by atoms with E-state index in [0.717, 1.165) is 15.6 Å². The molecular formula is C14H9N3O3S2. The first-order chi connectivity index (χ1) is 10.8. The summed E-state index contributed by atoms with van der Waals surface area (Å²) < 4.78 is 11.8. The topological polar surface area (TPSA) is 74.1 Å². The van der Waals surface area contributed by atoms with Gasteiger partial charge >= 0.3 is 5.76 Å². The van der Waals surface area contributed by atoms with E-state index in [2.05, 4.69) is 10.1 Å². The van der Waals surface area contributed by atoms with Gasteiger partial charge in [-0.2, -0.15) is 4.68 Å². The molecule has 0 amide bonds. The monoisotopic (exact) mass is 331 g/mol. The lowest BCUT2D eigenvalue weighted by atomic mass is 10.4. The van der Waals surface area contributed by atoms with Crippen LogP contribution in [0.2, 0.25) is 0 Å². The Morgan fingerprint density at radius 1 is 1.23 bits per heavy atom. The van der Waals surface area contributed by atoms with Gasteiger partial charge in [0.1, 0.15) is 0 Å². The molecule has 0 aliphatic heterocycles. The van der Waals surface area contributed by atoms with Gasteiger partial charge in [-0.05, 0) is 23.6 Å². The molecule has 0 bridgehead atoms. The largest absolute Gasteiger partial charge is 0.462 e. The van der Waals surface area contributed by atoms with Crippen LogP contribution in [0.5, 0.6) is 0 Å². The average molecular weight is 331 g/mol. The fourth-order valence-electron chi connectivity index (χ4n) is 1.95. The van der Waals surface area contributed by atoms with Crippen molar-refractivity contribution in [2.75, 3.05) is 0 Å². The highest BCUT2D eigenvalue weighted by atomic mass is 32.1. The van der Waals surface area contributed by atoms with Crippen LogP contribution in [-0.2, 0) is 6.54 Å². The van der Waals surface area contributed by atoms with E-state index in [0.29, 0.717) is 11.7 Å². The van der Waals surface area contributed by atoms with Crippen molar-refractivity contribution in [3.63, 3.8) is 0 Å². The number of rotatable bonds is 4. The lowest BCUT2D eigenvalue weighted by Gasteiger charge is -1.93. The zero-order valence-electron chi connectivity index (χ0n) is 11.1. The van der Waals surface area contributed by atoms with Crippen molar-refractivity contribution < 1.29 is 8.83 Å². The molecule has 0 atom stereocenters. The van der Waals surface area contributed by atoms with E-state index < -0.39 is 5.76 Å². The number of thiophene rings is 1. The number of furan rings is 1. The van der Waals surface area contributed by atoms with E-state index in [1.54, 1.807) is 6.26 Å². The molecule has 0 unspecified atom stereocenters. The minimum absolute atomic E-state index is 0.269. The molecule has 0 N–H and O–H groups in total. The lowest BCUT2D eigenvalue weighted by molar-refractivity contribution is 0.494. The van der Waals surface area contributed by atoms with Crippen LogP contribution >= 0.6 is 22.7 Å². The number of nitrogens with zero attached hydrogens (tertiary/aromatic N) is 3. The number of hydrogen-bond donors (Lipinski definition) is 0. The highest BCUT2D eigenvalue weighted by Gasteiger charge is 2.13. The second-order valence-corrected chi connectivity index (χ2v) is 6.24. The molecule has 0 spiro atoms. The Labute approximate surface area is 132 Å². The summed E-state index contributed by atoms with van der Waals surface area (Å²) >= 11 is 2.93. The molecule has 0 saturated carbocycles. The molecule has 0 fully saturated rings. The first kappa shape index (κ1) is 13.2. The second-order valence-electron chi connectivity index (χ2n) is 4.43. The van der Waals surface area contributed by atoms with Crippen LogP contribution in [0.15, 0.2) is 54.9 Å². The van der Waals surface area contributed by atoms with Gasteiger partial charge in [-0.25, -0.2) is 9.78 Å². The second kappa shape index (κ2) is 5.39. The standard InChI is InChI=1S/C14H9N3O3S2/c18-14-17(16-12(20-14)11-4-2-6-21-11)7-9-8-22-13(15-9)10-3-1-5-19-10/h1-6,8H,7H2. The molecule has 0 aliphatic rings. The van der Waals surface area contributed by atoms with Crippen LogP contribution in [0.25, 0.3) is 21.5 Å². The predicted octanol–water partition coefficient (Wildman–Crippen LogP) is 3.33. The quantitative estimate of drug-likeness (QED) is 0.573. The summed E-state index contributed by atoms with van der Waals surface area (Å²) in [5.41, 5.74) is 0.740. The summed E-state index contributed by atoms with van der Waals surface area (Å²) in [6, 6.07) is 7.40. The van der Waals surface area contributed by atoms with Crippen molar-refractivity contribution in [3.05, 3.63) is 57.5 Å². The third kappa shape index (κ3) is 2.42. The van der Waals surface area contributed by atoms with Crippen LogP contribution in [0.1, 0.15) is 5.69 Å². The van der Waals surface area contributed by atoms with Gasteiger partial charge in [-0.15, -0.1) is 27.8 Å². The van der Waals surface area contributed by atoms with Gasteiger partial charge in [0.15, 0.2) is 10.8 Å². The highest BCUT2D eigenvalue weighted by Crippen LogP contribution is 2.24. The summed E-state index contributed by atoms with van der Waals surface area (Å²) in [7, 11) is 0. The van der Waals surface area contributed by atoms with E-state index in [-0.39, 0.29) is 6.54 Å². The van der Waals surface area contributed by atoms with Crippen LogP contribution in [-0.4, -0.2) is 14.8 Å². The van der Waals surface area contributed by atoms with E-state index in [1.165, 1.54) is 27.4 Å². The summed E-state index contributed by atoms with van der Waals surface area (Å²) in [4.78, 5) is 17.1. The van der Waals surface area contributed by atoms with Gasteiger partial charge in [0.25, 0.3) is 5.89 Å². The summed E-state index contributed by atoms with van der Waals surface area (Å²) in [6.07, 6.45) is 1.60. The van der Waals surface area contributed by atoms with Gasteiger partial charge < -0.3 is 8.83 Å². The van der Waals surface area contributed by atoms with Crippen molar-refractivity contribution >= 4 is 22.7 Å². The van der Waals surface area contributed by atoms with E-state index in [1.807, 2.05) is 35.0 Å². The third-order valence-corrected chi connectivity index (χ3v) is 4.70. The Morgan fingerprint density at radius 2 is 2.18 bits per heavy atom. The Kier molecular flexibility index (Phi) is 3.24. The summed E-state index contributed by atoms with van der Waals surface area (Å²) in [5.74, 6) is 0.556. The molecule has 8 heteroatoms. The molecule has 4 heterocycles. The van der Waals surface area contributed by atoms with Crippen molar-refractivity contribution in [1.82, 2.24) is 14.8 Å². The van der Waals surface area contributed by atoms with Crippen molar-refractivity contribution in [1.29, 1.82) is 0 Å². The highest BCUT2D eigenvalue weighted by molar-refractivity contribution is 7.13. The number of thiazole rings is 1. The average Bonchev–Trinajstić information content (AvgIpc) is 3.28. The maximum Gasteiger partial charge on any atom is 0.437 e. The van der Waals surface area contributed by atoms with Gasteiger partial charge in [0.2, 0.25) is 0 Å². The molecular weight excluding hydrogens is 322 g/mol. The Balaban J connectivity index is 1.60. The zero-order valence-corrected chi connectivity index (χ0v) is 12.8. The molecule has 0 saturated heterocycles. The maximum atomic E-state index is 11.9. The Bertz CT molecular complexity index is 932. The third-order valence-electron chi connectivity index (χ3n) is 2.93. The molecule has 110 valence electrons. The van der Waals surface area contributed by atoms with E-state index in [9.17, 15) is 4.79 Å². The van der Waals surface area contributed by atoms with Crippen molar-refractivity contribution in [2.24, 2.45) is 0 Å². The molecule has 4 aromatic heterocycles. The molecule has 0 aliphatic carbocycles. The normalized spacial score (nSPS) is 11.1. The molecule has 4 rings (SSSR count). The van der Waals surface area contributed by atoms with Gasteiger partial charge in [0, 0.05) is 5.38 Å². The van der Waals surface area contributed by atoms with Crippen LogP contribution < -0.4 is 5.76 Å². The predicted molar refractivity (Wildman–Crippen MR) is 83.0 cm³/mol. The molecule has 0 radical (unpaired) electrons. The van der Waals surface area contributed by atoms with Crippen molar-refractivity contribution in [2.45, 2.75) is 6.54 Å². The molecule has 0 aromatic carbocycles.